The van der Waals surface area contributed by atoms with Gasteiger partial charge in [0.2, 0.25) is 5.91 Å². The molecule has 0 bridgehead atoms. The summed E-state index contributed by atoms with van der Waals surface area (Å²) in [5.41, 5.74) is 2.71. The number of Topliss-reactive ketones (excluding diaryl/α,β-unsaturated/α-hetero) is 1. The molecule has 0 fully saturated rings. The standard InChI is InChI=1S/C28H35N3O5S/c1-7-10-26(33)31(27(18(2)3)20(5)32)17-22-13-15-23(16-14-22)24-11-8-9-12-25(24)37(34,35)30-28-19(4)21(6)36-29-28/h8-9,11-16,18,27H,7,10,17H2,1-6H3,(H,29,30). The molecular formula is C28H35N3O5S. The Hall–Kier alpha value is -3.46. The highest BCUT2D eigenvalue weighted by atomic mass is 32.2. The molecule has 0 radical (unpaired) electrons. The second-order valence-electron chi connectivity index (χ2n) is 9.58. The van der Waals surface area contributed by atoms with Gasteiger partial charge in [-0.05, 0) is 50.3 Å². The van der Waals surface area contributed by atoms with Crippen molar-refractivity contribution < 1.29 is 22.5 Å². The number of anilines is 1. The molecule has 1 aromatic heterocycles. The second-order valence-corrected chi connectivity index (χ2v) is 11.2. The van der Waals surface area contributed by atoms with E-state index in [4.69, 9.17) is 4.52 Å². The van der Waals surface area contributed by atoms with Gasteiger partial charge in [-0.25, -0.2) is 8.42 Å². The van der Waals surface area contributed by atoms with Gasteiger partial charge in [-0.1, -0.05) is 68.4 Å². The van der Waals surface area contributed by atoms with Gasteiger partial charge < -0.3 is 9.42 Å². The van der Waals surface area contributed by atoms with Crippen molar-refractivity contribution in [2.75, 3.05) is 4.72 Å². The normalized spacial score (nSPS) is 12.4. The molecule has 0 aliphatic rings. The van der Waals surface area contributed by atoms with Gasteiger partial charge in [0.05, 0.1) is 10.9 Å². The minimum Gasteiger partial charge on any atom is -0.359 e. The molecule has 0 aliphatic heterocycles. The predicted octanol–water partition coefficient (Wildman–Crippen LogP) is 5.50. The van der Waals surface area contributed by atoms with Crippen LogP contribution in [0.2, 0.25) is 0 Å². The molecule has 2 aromatic carbocycles. The van der Waals surface area contributed by atoms with E-state index in [1.54, 1.807) is 43.0 Å². The Morgan fingerprint density at radius 1 is 1.05 bits per heavy atom. The SMILES string of the molecule is CCCC(=O)N(Cc1ccc(-c2ccccc2S(=O)(=O)Nc2noc(C)c2C)cc1)C(C(C)=O)C(C)C. The van der Waals surface area contributed by atoms with E-state index in [0.717, 1.165) is 5.56 Å². The number of nitrogens with zero attached hydrogens (tertiary/aromatic N) is 2. The third kappa shape index (κ3) is 6.46. The van der Waals surface area contributed by atoms with Crippen molar-refractivity contribution in [2.24, 2.45) is 5.92 Å². The van der Waals surface area contributed by atoms with Gasteiger partial charge in [-0.15, -0.1) is 0 Å². The molecule has 1 unspecified atom stereocenters. The fourth-order valence-electron chi connectivity index (χ4n) is 4.37. The number of aromatic nitrogens is 1. The van der Waals surface area contributed by atoms with Gasteiger partial charge in [0.15, 0.2) is 11.6 Å². The van der Waals surface area contributed by atoms with Gasteiger partial charge >= 0.3 is 0 Å². The summed E-state index contributed by atoms with van der Waals surface area (Å²) >= 11 is 0. The first-order valence-corrected chi connectivity index (χ1v) is 13.9. The molecule has 1 N–H and O–H groups in total. The van der Waals surface area contributed by atoms with Gasteiger partial charge in [0.25, 0.3) is 10.0 Å². The van der Waals surface area contributed by atoms with Crippen molar-refractivity contribution in [1.29, 1.82) is 0 Å². The van der Waals surface area contributed by atoms with Gasteiger partial charge in [-0.2, -0.15) is 0 Å². The van der Waals surface area contributed by atoms with Gasteiger partial charge in [0, 0.05) is 24.1 Å². The Morgan fingerprint density at radius 3 is 2.24 bits per heavy atom. The molecule has 37 heavy (non-hydrogen) atoms. The molecule has 0 spiro atoms. The van der Waals surface area contributed by atoms with E-state index in [9.17, 15) is 18.0 Å². The summed E-state index contributed by atoms with van der Waals surface area (Å²) in [5, 5.41) is 3.81. The second kappa shape index (κ2) is 11.7. The first kappa shape index (κ1) is 28.1. The topological polar surface area (TPSA) is 110 Å². The lowest BCUT2D eigenvalue weighted by molar-refractivity contribution is -0.141. The zero-order chi connectivity index (χ0) is 27.3. The zero-order valence-corrected chi connectivity index (χ0v) is 23.1. The summed E-state index contributed by atoms with van der Waals surface area (Å²) in [6.45, 7) is 11.1. The number of sulfonamides is 1. The van der Waals surface area contributed by atoms with Gasteiger partial charge in [0.1, 0.15) is 5.76 Å². The molecule has 0 saturated heterocycles. The third-order valence-corrected chi connectivity index (χ3v) is 7.75. The fraction of sp³-hybridized carbons (Fsp3) is 0.393. The molecule has 1 heterocycles. The smallest absolute Gasteiger partial charge is 0.263 e. The van der Waals surface area contributed by atoms with Crippen LogP contribution in [-0.2, 0) is 26.2 Å². The van der Waals surface area contributed by atoms with Crippen LogP contribution in [0, 0.1) is 19.8 Å². The molecule has 8 nitrogen and oxygen atoms in total. The summed E-state index contributed by atoms with van der Waals surface area (Å²) in [4.78, 5) is 27.1. The van der Waals surface area contributed by atoms with Crippen molar-refractivity contribution in [3.63, 3.8) is 0 Å². The number of carbonyl (C=O) groups is 2. The number of aryl methyl sites for hydroxylation is 1. The van der Waals surface area contributed by atoms with Crippen LogP contribution in [0.5, 0.6) is 0 Å². The summed E-state index contributed by atoms with van der Waals surface area (Å²) in [6, 6.07) is 13.6. The fourth-order valence-corrected chi connectivity index (χ4v) is 5.66. The molecule has 3 rings (SSSR count). The van der Waals surface area contributed by atoms with Crippen molar-refractivity contribution in [3.05, 3.63) is 65.4 Å². The number of ketones is 1. The summed E-state index contributed by atoms with van der Waals surface area (Å²) in [5.74, 6) is 0.586. The summed E-state index contributed by atoms with van der Waals surface area (Å²) < 4.78 is 34.1. The van der Waals surface area contributed by atoms with Crippen molar-refractivity contribution in [3.8, 4) is 11.1 Å². The van der Waals surface area contributed by atoms with Crippen molar-refractivity contribution in [2.45, 2.75) is 71.9 Å². The minimum atomic E-state index is -3.94. The number of hydrogen-bond acceptors (Lipinski definition) is 6. The van der Waals surface area contributed by atoms with Crippen LogP contribution in [0.3, 0.4) is 0 Å². The summed E-state index contributed by atoms with van der Waals surface area (Å²) in [7, 11) is -3.94. The highest BCUT2D eigenvalue weighted by molar-refractivity contribution is 7.92. The Kier molecular flexibility index (Phi) is 8.91. The molecule has 0 saturated carbocycles. The molecule has 1 amide bonds. The third-order valence-electron chi connectivity index (χ3n) is 6.35. The van der Waals surface area contributed by atoms with E-state index >= 15 is 0 Å². The molecular weight excluding hydrogens is 490 g/mol. The Bertz CT molecular complexity index is 1360. The molecule has 3 aromatic rings. The van der Waals surface area contributed by atoms with Gasteiger partial charge in [-0.3, -0.25) is 14.3 Å². The van der Waals surface area contributed by atoms with Crippen LogP contribution in [0.1, 0.15) is 57.4 Å². The largest absolute Gasteiger partial charge is 0.359 e. The first-order valence-electron chi connectivity index (χ1n) is 12.4. The number of benzene rings is 2. The average Bonchev–Trinajstić information content (AvgIpc) is 3.15. The number of amides is 1. The van der Waals surface area contributed by atoms with E-state index in [0.29, 0.717) is 41.8 Å². The minimum absolute atomic E-state index is 0.0145. The molecule has 1 atom stereocenters. The van der Waals surface area contributed by atoms with Crippen LogP contribution in [-0.4, -0.2) is 36.2 Å². The van der Waals surface area contributed by atoms with E-state index in [1.165, 1.54) is 6.92 Å². The van der Waals surface area contributed by atoms with Crippen LogP contribution in [0.15, 0.2) is 57.9 Å². The van der Waals surface area contributed by atoms with Crippen LogP contribution in [0.25, 0.3) is 11.1 Å². The van der Waals surface area contributed by atoms with E-state index < -0.39 is 16.1 Å². The van der Waals surface area contributed by atoms with Crippen molar-refractivity contribution >= 4 is 27.5 Å². The highest BCUT2D eigenvalue weighted by Gasteiger charge is 2.29. The maximum absolute atomic E-state index is 13.2. The maximum Gasteiger partial charge on any atom is 0.263 e. The van der Waals surface area contributed by atoms with E-state index in [-0.39, 0.29) is 28.3 Å². The van der Waals surface area contributed by atoms with Crippen LogP contribution >= 0.6 is 0 Å². The molecule has 9 heteroatoms. The first-order chi connectivity index (χ1) is 17.5. The lowest BCUT2D eigenvalue weighted by atomic mass is 9.97. The number of rotatable bonds is 11. The van der Waals surface area contributed by atoms with Crippen LogP contribution in [0.4, 0.5) is 5.82 Å². The van der Waals surface area contributed by atoms with E-state index in [2.05, 4.69) is 9.88 Å². The zero-order valence-electron chi connectivity index (χ0n) is 22.2. The number of carbonyl (C=O) groups excluding carboxylic acids is 2. The average molecular weight is 526 g/mol. The number of nitrogens with one attached hydrogen (secondary N) is 1. The predicted molar refractivity (Wildman–Crippen MR) is 143 cm³/mol. The molecule has 0 aliphatic carbocycles. The Balaban J connectivity index is 1.91. The van der Waals surface area contributed by atoms with E-state index in [1.807, 2.05) is 45.0 Å². The lowest BCUT2D eigenvalue weighted by Gasteiger charge is -2.33. The molecule has 198 valence electrons. The van der Waals surface area contributed by atoms with Crippen LogP contribution < -0.4 is 4.72 Å². The monoisotopic (exact) mass is 525 g/mol. The maximum atomic E-state index is 13.2. The quantitative estimate of drug-likeness (QED) is 0.354. The Labute approximate surface area is 219 Å². The lowest BCUT2D eigenvalue weighted by Crippen LogP contribution is -2.46. The Morgan fingerprint density at radius 2 is 1.70 bits per heavy atom. The number of hydrogen-bond donors (Lipinski definition) is 1. The highest BCUT2D eigenvalue weighted by Crippen LogP contribution is 2.30. The summed E-state index contributed by atoms with van der Waals surface area (Å²) in [6.07, 6.45) is 1.07. The van der Waals surface area contributed by atoms with Crippen molar-refractivity contribution in [1.82, 2.24) is 10.1 Å².